The first-order valence-corrected chi connectivity index (χ1v) is 13.8. The van der Waals surface area contributed by atoms with Crippen LogP contribution in [0.5, 0.6) is 11.5 Å². The van der Waals surface area contributed by atoms with Gasteiger partial charge in [-0.1, -0.05) is 73.9 Å². The number of amides is 2. The number of carboxylic acids is 1. The van der Waals surface area contributed by atoms with E-state index in [9.17, 15) is 35.9 Å². The monoisotopic (exact) mass is 626 g/mol. The van der Waals surface area contributed by atoms with Crippen LogP contribution in [0.3, 0.4) is 0 Å². The van der Waals surface area contributed by atoms with Gasteiger partial charge in [0.15, 0.2) is 0 Å². The highest BCUT2D eigenvalue weighted by atomic mass is 19.4. The number of unbranched alkanes of at least 4 members (excludes halogenated alkanes) is 4. The zero-order valence-corrected chi connectivity index (χ0v) is 23.5. The third-order valence-corrected chi connectivity index (χ3v) is 6.61. The maximum Gasteiger partial charge on any atom is 0.573 e. The van der Waals surface area contributed by atoms with Crippen molar-refractivity contribution >= 4 is 12.0 Å². The number of hydrogen-bond donors (Lipinski definition) is 3. The van der Waals surface area contributed by atoms with Crippen molar-refractivity contribution in [3.05, 3.63) is 95.6 Å². The van der Waals surface area contributed by atoms with Gasteiger partial charge in [0.2, 0.25) is 0 Å². The van der Waals surface area contributed by atoms with Crippen LogP contribution >= 0.6 is 0 Å². The van der Waals surface area contributed by atoms with Crippen molar-refractivity contribution in [2.75, 3.05) is 6.54 Å². The molecule has 0 heterocycles. The van der Waals surface area contributed by atoms with Gasteiger partial charge in [0.25, 0.3) is 0 Å². The molecule has 0 unspecified atom stereocenters. The van der Waals surface area contributed by atoms with Gasteiger partial charge in [0, 0.05) is 19.4 Å². The highest BCUT2D eigenvalue weighted by molar-refractivity contribution is 5.76. The number of carbonyl (C=O) groups is 2. The van der Waals surface area contributed by atoms with E-state index in [0.717, 1.165) is 30.7 Å². The molecule has 0 saturated heterocycles. The molecule has 0 bridgehead atoms. The van der Waals surface area contributed by atoms with Gasteiger partial charge < -0.3 is 25.2 Å². The molecule has 0 fully saturated rings. The van der Waals surface area contributed by atoms with Crippen LogP contribution in [0.15, 0.2) is 78.9 Å². The first-order chi connectivity index (χ1) is 20.8. The highest BCUT2D eigenvalue weighted by Crippen LogP contribution is 2.38. The van der Waals surface area contributed by atoms with Crippen molar-refractivity contribution in [2.24, 2.45) is 0 Å². The maximum absolute atomic E-state index is 13.3. The van der Waals surface area contributed by atoms with Gasteiger partial charge in [0.1, 0.15) is 11.5 Å². The Morgan fingerprint density at radius 3 is 1.73 bits per heavy atom. The predicted octanol–water partition coefficient (Wildman–Crippen LogP) is 7.69. The second-order valence-electron chi connectivity index (χ2n) is 10.0. The number of urea groups is 1. The number of hydrogen-bond acceptors (Lipinski definition) is 4. The summed E-state index contributed by atoms with van der Waals surface area (Å²) in [6.45, 7) is 0.223. The second kappa shape index (κ2) is 15.3. The summed E-state index contributed by atoms with van der Waals surface area (Å²) in [4.78, 5) is 24.0. The van der Waals surface area contributed by atoms with Crippen molar-refractivity contribution in [1.29, 1.82) is 0 Å². The molecule has 238 valence electrons. The number of halogens is 6. The molecule has 44 heavy (non-hydrogen) atoms. The number of carbonyl (C=O) groups excluding carboxylic acids is 1. The quantitative estimate of drug-likeness (QED) is 0.119. The Kier molecular flexibility index (Phi) is 11.9. The molecule has 0 aliphatic carbocycles. The summed E-state index contributed by atoms with van der Waals surface area (Å²) in [6, 6.07) is 17.6. The van der Waals surface area contributed by atoms with Gasteiger partial charge in [-0.05, 0) is 53.8 Å². The van der Waals surface area contributed by atoms with Crippen molar-refractivity contribution in [3.8, 4) is 11.5 Å². The standard InChI is InChI=1S/C31H32F6N2O5/c32-30(33,34)43-25-15-9-13-23(19-25)29(21-22-11-5-4-6-12-22,24-14-10-16-26(20-24)44-31(35,36)37)39-28(42)38-18-8-3-1-2-7-17-27(40)41/h4-6,9-16,19-20H,1-3,7-8,17-18,21H2,(H,40,41)(H2,38,39,42). The molecular weight excluding hydrogens is 594 g/mol. The molecule has 2 amide bonds. The van der Waals surface area contributed by atoms with Gasteiger partial charge in [-0.15, -0.1) is 26.3 Å². The highest BCUT2D eigenvalue weighted by Gasteiger charge is 2.39. The van der Waals surface area contributed by atoms with E-state index < -0.39 is 41.8 Å². The largest absolute Gasteiger partial charge is 0.573 e. The zero-order valence-electron chi connectivity index (χ0n) is 23.5. The van der Waals surface area contributed by atoms with E-state index in [-0.39, 0.29) is 30.5 Å². The second-order valence-corrected chi connectivity index (χ2v) is 10.0. The van der Waals surface area contributed by atoms with E-state index >= 15 is 0 Å². The summed E-state index contributed by atoms with van der Waals surface area (Å²) >= 11 is 0. The third-order valence-electron chi connectivity index (χ3n) is 6.61. The minimum Gasteiger partial charge on any atom is -0.481 e. The lowest BCUT2D eigenvalue weighted by Gasteiger charge is -2.37. The van der Waals surface area contributed by atoms with Crippen LogP contribution in [0.4, 0.5) is 31.1 Å². The topological polar surface area (TPSA) is 96.9 Å². The fourth-order valence-corrected chi connectivity index (χ4v) is 4.75. The normalized spacial score (nSPS) is 12.0. The summed E-state index contributed by atoms with van der Waals surface area (Å²) in [5.41, 5.74) is -0.835. The Labute approximate surface area is 250 Å². The van der Waals surface area contributed by atoms with Gasteiger partial charge in [-0.25, -0.2) is 4.79 Å². The van der Waals surface area contributed by atoms with Gasteiger partial charge in [-0.3, -0.25) is 4.79 Å². The van der Waals surface area contributed by atoms with Crippen molar-refractivity contribution in [2.45, 2.75) is 63.2 Å². The Hall–Kier alpha value is -4.42. The average Bonchev–Trinajstić information content (AvgIpc) is 2.93. The minimum absolute atomic E-state index is 0.0597. The maximum atomic E-state index is 13.3. The molecule has 7 nitrogen and oxygen atoms in total. The van der Waals surface area contributed by atoms with E-state index in [1.165, 1.54) is 24.3 Å². The Bertz CT molecular complexity index is 1310. The SMILES string of the molecule is O=C(O)CCCCCCCNC(=O)NC(Cc1ccccc1)(c1cccc(OC(F)(F)F)c1)c1cccc(OC(F)(F)F)c1. The molecule has 0 atom stereocenters. The number of ether oxygens (including phenoxy) is 2. The number of benzene rings is 3. The first kappa shape index (κ1) is 34.1. The lowest BCUT2D eigenvalue weighted by molar-refractivity contribution is -0.275. The molecule has 0 saturated carbocycles. The summed E-state index contributed by atoms with van der Waals surface area (Å²) in [5, 5.41) is 14.3. The summed E-state index contributed by atoms with van der Waals surface area (Å²) in [6.07, 6.45) is -6.72. The van der Waals surface area contributed by atoms with E-state index in [0.29, 0.717) is 31.2 Å². The van der Waals surface area contributed by atoms with Crippen LogP contribution in [-0.4, -0.2) is 36.4 Å². The Balaban J connectivity index is 1.97. The number of aliphatic carboxylic acids is 1. The molecule has 3 aromatic rings. The molecule has 3 rings (SSSR count). The summed E-state index contributed by atoms with van der Waals surface area (Å²) < 4.78 is 86.9. The van der Waals surface area contributed by atoms with Crippen LogP contribution in [-0.2, 0) is 16.8 Å². The lowest BCUT2D eigenvalue weighted by atomic mass is 9.77. The fraction of sp³-hybridized carbons (Fsp3) is 0.355. The summed E-state index contributed by atoms with van der Waals surface area (Å²) in [7, 11) is 0. The smallest absolute Gasteiger partial charge is 0.481 e. The van der Waals surface area contributed by atoms with Crippen LogP contribution in [0.25, 0.3) is 0 Å². The number of nitrogens with one attached hydrogen (secondary N) is 2. The molecule has 0 aliphatic heterocycles. The van der Waals surface area contributed by atoms with Gasteiger partial charge >= 0.3 is 24.7 Å². The molecule has 0 radical (unpaired) electrons. The number of rotatable bonds is 15. The molecule has 3 aromatic carbocycles. The number of carboxylic acid groups (broad SMARTS) is 1. The minimum atomic E-state index is -5.01. The van der Waals surface area contributed by atoms with Gasteiger partial charge in [-0.2, -0.15) is 0 Å². The van der Waals surface area contributed by atoms with Crippen LogP contribution in [0.2, 0.25) is 0 Å². The van der Waals surface area contributed by atoms with E-state index in [2.05, 4.69) is 20.1 Å². The fourth-order valence-electron chi connectivity index (χ4n) is 4.75. The Morgan fingerprint density at radius 1 is 0.682 bits per heavy atom. The summed E-state index contributed by atoms with van der Waals surface area (Å²) in [5.74, 6) is -2.03. The molecule has 0 aliphatic rings. The number of alkyl halides is 6. The Morgan fingerprint density at radius 2 is 1.20 bits per heavy atom. The van der Waals surface area contributed by atoms with Crippen molar-refractivity contribution < 1.29 is 50.5 Å². The van der Waals surface area contributed by atoms with Crippen molar-refractivity contribution in [3.63, 3.8) is 0 Å². The molecule has 13 heteroatoms. The van der Waals surface area contributed by atoms with Crippen LogP contribution < -0.4 is 20.1 Å². The first-order valence-electron chi connectivity index (χ1n) is 13.8. The van der Waals surface area contributed by atoms with Crippen LogP contribution in [0.1, 0.15) is 55.2 Å². The van der Waals surface area contributed by atoms with E-state index in [1.807, 2.05) is 0 Å². The van der Waals surface area contributed by atoms with Gasteiger partial charge in [0.05, 0.1) is 5.54 Å². The van der Waals surface area contributed by atoms with Crippen LogP contribution in [0, 0.1) is 0 Å². The predicted molar refractivity (Wildman–Crippen MR) is 149 cm³/mol. The van der Waals surface area contributed by atoms with E-state index in [1.54, 1.807) is 30.3 Å². The molecule has 0 spiro atoms. The third kappa shape index (κ3) is 11.3. The molecule has 0 aromatic heterocycles. The van der Waals surface area contributed by atoms with E-state index in [4.69, 9.17) is 5.11 Å². The average molecular weight is 627 g/mol. The van der Waals surface area contributed by atoms with Crippen molar-refractivity contribution in [1.82, 2.24) is 10.6 Å². The molecule has 3 N–H and O–H groups in total. The zero-order chi connectivity index (χ0) is 32.2. The molecular formula is C31H32F6N2O5. The lowest BCUT2D eigenvalue weighted by Crippen LogP contribution is -2.52.